The van der Waals surface area contributed by atoms with Crippen LogP contribution in [0.1, 0.15) is 6.42 Å². The summed E-state index contributed by atoms with van der Waals surface area (Å²) in [4.78, 5) is 21.5. The van der Waals surface area contributed by atoms with E-state index in [4.69, 9.17) is 10.5 Å². The van der Waals surface area contributed by atoms with Crippen LogP contribution >= 0.6 is 0 Å². The van der Waals surface area contributed by atoms with Crippen molar-refractivity contribution in [2.45, 2.75) is 6.42 Å². The van der Waals surface area contributed by atoms with E-state index in [2.05, 4.69) is 5.32 Å². The van der Waals surface area contributed by atoms with E-state index in [0.717, 1.165) is 0 Å². The third-order valence-electron chi connectivity index (χ3n) is 1.80. The Morgan fingerprint density at radius 3 is 2.56 bits per heavy atom. The molecular weight excluding hydrogens is 208 g/mol. The lowest BCUT2D eigenvalue weighted by atomic mass is 10.3. The summed E-state index contributed by atoms with van der Waals surface area (Å²) in [5.41, 5.74) is 4.88. The molecule has 0 aliphatic rings. The van der Waals surface area contributed by atoms with Gasteiger partial charge in [0.2, 0.25) is 11.8 Å². The fourth-order valence-corrected chi connectivity index (χ4v) is 1.05. The maximum atomic E-state index is 11.1. The number of rotatable bonds is 6. The van der Waals surface area contributed by atoms with Crippen LogP contribution in [0.5, 0.6) is 5.75 Å². The molecule has 5 nitrogen and oxygen atoms in total. The van der Waals surface area contributed by atoms with Crippen molar-refractivity contribution >= 4 is 11.8 Å². The number of hydrogen-bond donors (Lipinski definition) is 2. The Morgan fingerprint density at radius 2 is 1.94 bits per heavy atom. The van der Waals surface area contributed by atoms with Crippen molar-refractivity contribution in [3.8, 4) is 5.75 Å². The average molecular weight is 222 g/mol. The zero-order valence-corrected chi connectivity index (χ0v) is 8.81. The fourth-order valence-electron chi connectivity index (χ4n) is 1.05. The van der Waals surface area contributed by atoms with E-state index >= 15 is 0 Å². The number of hydrogen-bond acceptors (Lipinski definition) is 3. The molecule has 0 atom stereocenters. The van der Waals surface area contributed by atoms with Gasteiger partial charge in [0.25, 0.3) is 0 Å². The van der Waals surface area contributed by atoms with E-state index in [1.54, 1.807) is 12.1 Å². The van der Waals surface area contributed by atoms with Crippen LogP contribution < -0.4 is 15.8 Å². The lowest BCUT2D eigenvalue weighted by Crippen LogP contribution is -2.33. The zero-order valence-electron chi connectivity index (χ0n) is 8.81. The quantitative estimate of drug-likeness (QED) is 0.714. The summed E-state index contributed by atoms with van der Waals surface area (Å²) in [5.74, 6) is -0.0998. The lowest BCUT2D eigenvalue weighted by Gasteiger charge is -2.05. The molecule has 0 unspecified atom stereocenters. The summed E-state index contributed by atoms with van der Waals surface area (Å²) in [5, 5.41) is 2.37. The van der Waals surface area contributed by atoms with Gasteiger partial charge in [-0.2, -0.15) is 0 Å². The maximum Gasteiger partial charge on any atom is 0.236 e. The van der Waals surface area contributed by atoms with E-state index in [9.17, 15) is 9.59 Å². The minimum absolute atomic E-state index is 0.135. The van der Waals surface area contributed by atoms with Gasteiger partial charge >= 0.3 is 0 Å². The molecule has 0 heterocycles. The highest BCUT2D eigenvalue weighted by atomic mass is 16.5. The molecule has 0 saturated heterocycles. The van der Waals surface area contributed by atoms with E-state index in [0.29, 0.717) is 5.75 Å². The molecule has 5 heteroatoms. The van der Waals surface area contributed by atoms with Gasteiger partial charge in [-0.05, 0) is 12.1 Å². The van der Waals surface area contributed by atoms with Gasteiger partial charge in [-0.25, -0.2) is 0 Å². The molecule has 0 radical (unpaired) electrons. The van der Waals surface area contributed by atoms with Gasteiger partial charge in [-0.15, -0.1) is 0 Å². The summed E-state index contributed by atoms with van der Waals surface area (Å²) in [7, 11) is 0. The monoisotopic (exact) mass is 222 g/mol. The summed E-state index contributed by atoms with van der Waals surface area (Å²) < 4.78 is 5.31. The predicted octanol–water partition coefficient (Wildman–Crippen LogP) is 0.0570. The second-order valence-corrected chi connectivity index (χ2v) is 3.15. The van der Waals surface area contributed by atoms with Crippen LogP contribution in [0.3, 0.4) is 0 Å². The largest absolute Gasteiger partial charge is 0.493 e. The molecule has 0 bridgehead atoms. The van der Waals surface area contributed by atoms with Gasteiger partial charge in [0.1, 0.15) is 5.75 Å². The normalized spacial score (nSPS) is 9.50. The van der Waals surface area contributed by atoms with Crippen LogP contribution in [-0.2, 0) is 9.59 Å². The average Bonchev–Trinajstić information content (AvgIpc) is 2.28. The van der Waals surface area contributed by atoms with Crippen LogP contribution in [0.25, 0.3) is 0 Å². The number of ether oxygens (including phenoxy) is 1. The Labute approximate surface area is 93.6 Å². The first-order valence-corrected chi connectivity index (χ1v) is 4.91. The van der Waals surface area contributed by atoms with Crippen molar-refractivity contribution in [1.29, 1.82) is 0 Å². The van der Waals surface area contributed by atoms with Crippen molar-refractivity contribution in [2.75, 3.05) is 13.2 Å². The number of para-hydroxylation sites is 1. The molecule has 3 N–H and O–H groups in total. The minimum Gasteiger partial charge on any atom is -0.493 e. The Kier molecular flexibility index (Phi) is 4.85. The lowest BCUT2D eigenvalue weighted by molar-refractivity contribution is -0.125. The van der Waals surface area contributed by atoms with Crippen LogP contribution in [0.4, 0.5) is 0 Å². The third kappa shape index (κ3) is 4.99. The molecule has 1 aromatic carbocycles. The number of nitrogens with two attached hydrogens (primary N) is 1. The number of amides is 2. The Morgan fingerprint density at radius 1 is 1.25 bits per heavy atom. The highest BCUT2D eigenvalue weighted by Gasteiger charge is 2.02. The highest BCUT2D eigenvalue weighted by molar-refractivity contribution is 5.83. The van der Waals surface area contributed by atoms with Crippen molar-refractivity contribution in [2.24, 2.45) is 5.73 Å². The molecular formula is C11H14N2O3. The van der Waals surface area contributed by atoms with Crippen molar-refractivity contribution < 1.29 is 14.3 Å². The minimum atomic E-state index is -0.558. The Balaban J connectivity index is 2.16. The Hall–Kier alpha value is -2.04. The predicted molar refractivity (Wildman–Crippen MR) is 58.8 cm³/mol. The van der Waals surface area contributed by atoms with Gasteiger partial charge in [0, 0.05) is 0 Å². The molecule has 1 aromatic rings. The molecule has 0 aromatic heterocycles. The van der Waals surface area contributed by atoms with Gasteiger partial charge in [-0.3, -0.25) is 9.59 Å². The summed E-state index contributed by atoms with van der Waals surface area (Å²) in [6, 6.07) is 9.19. The van der Waals surface area contributed by atoms with Crippen LogP contribution in [0.15, 0.2) is 30.3 Å². The molecule has 16 heavy (non-hydrogen) atoms. The fraction of sp³-hybridized carbons (Fsp3) is 0.273. The van der Waals surface area contributed by atoms with E-state index < -0.39 is 5.91 Å². The Bertz CT molecular complexity index is 352. The molecule has 0 aliphatic heterocycles. The number of primary amides is 1. The number of nitrogens with one attached hydrogen (secondary N) is 1. The maximum absolute atomic E-state index is 11.1. The molecule has 0 spiro atoms. The van der Waals surface area contributed by atoms with Gasteiger partial charge in [0.05, 0.1) is 19.6 Å². The summed E-state index contributed by atoms with van der Waals surface area (Å²) in [6.07, 6.45) is 0.197. The van der Waals surface area contributed by atoms with Crippen molar-refractivity contribution in [3.63, 3.8) is 0 Å². The van der Waals surface area contributed by atoms with E-state index in [-0.39, 0.29) is 25.5 Å². The standard InChI is InChI=1S/C11H14N2O3/c12-10(14)8-13-11(15)6-7-16-9-4-2-1-3-5-9/h1-5H,6-8H2,(H2,12,14)(H,13,15). The molecule has 0 fully saturated rings. The van der Waals surface area contributed by atoms with E-state index in [1.807, 2.05) is 18.2 Å². The van der Waals surface area contributed by atoms with Crippen molar-refractivity contribution in [3.05, 3.63) is 30.3 Å². The first kappa shape index (κ1) is 12.0. The third-order valence-corrected chi connectivity index (χ3v) is 1.80. The number of benzene rings is 1. The van der Waals surface area contributed by atoms with Gasteiger partial charge in [0.15, 0.2) is 0 Å². The molecule has 2 amide bonds. The molecule has 0 saturated carbocycles. The smallest absolute Gasteiger partial charge is 0.236 e. The second-order valence-electron chi connectivity index (χ2n) is 3.15. The number of carbonyl (C=O) groups is 2. The number of carbonyl (C=O) groups excluding carboxylic acids is 2. The highest BCUT2D eigenvalue weighted by Crippen LogP contribution is 2.08. The zero-order chi connectivity index (χ0) is 11.8. The topological polar surface area (TPSA) is 81.4 Å². The molecule has 86 valence electrons. The SMILES string of the molecule is NC(=O)CNC(=O)CCOc1ccccc1. The summed E-state index contributed by atoms with van der Waals surface area (Å²) >= 11 is 0. The van der Waals surface area contributed by atoms with Gasteiger partial charge < -0.3 is 15.8 Å². The van der Waals surface area contributed by atoms with Crippen LogP contribution in [0, 0.1) is 0 Å². The van der Waals surface area contributed by atoms with Gasteiger partial charge in [-0.1, -0.05) is 18.2 Å². The first-order chi connectivity index (χ1) is 7.68. The van der Waals surface area contributed by atoms with Crippen molar-refractivity contribution in [1.82, 2.24) is 5.32 Å². The second kappa shape index (κ2) is 6.44. The molecule has 1 rings (SSSR count). The summed E-state index contributed by atoms with van der Waals surface area (Å²) in [6.45, 7) is 0.138. The van der Waals surface area contributed by atoms with Crippen LogP contribution in [0.2, 0.25) is 0 Å². The van der Waals surface area contributed by atoms with Crippen LogP contribution in [-0.4, -0.2) is 25.0 Å². The first-order valence-electron chi connectivity index (χ1n) is 4.91. The van der Waals surface area contributed by atoms with E-state index in [1.165, 1.54) is 0 Å². The molecule has 0 aliphatic carbocycles.